The maximum absolute atomic E-state index is 11.9. The maximum Gasteiger partial charge on any atom is 0.308 e. The average molecular weight is 224 g/mol. The molecule has 86 valence electrons. The van der Waals surface area contributed by atoms with Crippen molar-refractivity contribution >= 4 is 11.9 Å². The van der Waals surface area contributed by atoms with Crippen molar-refractivity contribution < 1.29 is 19.2 Å². The van der Waals surface area contributed by atoms with E-state index in [-0.39, 0.29) is 18.2 Å². The second-order valence-corrected chi connectivity index (χ2v) is 3.91. The molecule has 1 amide bonds. The van der Waals surface area contributed by atoms with Gasteiger partial charge in [-0.15, -0.1) is 0 Å². The molecule has 0 aromatic carbocycles. The van der Waals surface area contributed by atoms with E-state index < -0.39 is 11.9 Å². The number of amides is 1. The van der Waals surface area contributed by atoms with Gasteiger partial charge >= 0.3 is 5.97 Å². The molecule has 16 heavy (non-hydrogen) atoms. The SMILES string of the molecule is Cc1cnoc1C(=O)N1CCC(C(=O)O)C1. The molecule has 1 N–H and O–H groups in total. The van der Waals surface area contributed by atoms with Gasteiger partial charge in [0.25, 0.3) is 5.91 Å². The standard InChI is InChI=1S/C10H12N2O4/c1-6-4-11-16-8(6)9(13)12-3-2-7(5-12)10(14)15/h4,7H,2-3,5H2,1H3,(H,14,15). The summed E-state index contributed by atoms with van der Waals surface area (Å²) in [5.74, 6) is -1.40. The van der Waals surface area contributed by atoms with Gasteiger partial charge in [0.1, 0.15) is 0 Å². The van der Waals surface area contributed by atoms with Crippen molar-refractivity contribution in [3.8, 4) is 0 Å². The summed E-state index contributed by atoms with van der Waals surface area (Å²) in [6, 6.07) is 0. The first-order chi connectivity index (χ1) is 7.59. The van der Waals surface area contributed by atoms with Gasteiger partial charge in [-0.1, -0.05) is 5.16 Å². The number of nitrogens with zero attached hydrogens (tertiary/aromatic N) is 2. The van der Waals surface area contributed by atoms with Crippen molar-refractivity contribution in [2.24, 2.45) is 5.92 Å². The molecule has 1 aromatic heterocycles. The molecule has 1 atom stereocenters. The molecule has 2 heterocycles. The Morgan fingerprint density at radius 2 is 2.38 bits per heavy atom. The Bertz CT molecular complexity index is 426. The van der Waals surface area contributed by atoms with Crippen LogP contribution in [0.15, 0.2) is 10.7 Å². The predicted molar refractivity (Wildman–Crippen MR) is 52.9 cm³/mol. The monoisotopic (exact) mass is 224 g/mol. The minimum Gasteiger partial charge on any atom is -0.481 e. The van der Waals surface area contributed by atoms with Gasteiger partial charge < -0.3 is 14.5 Å². The number of carboxylic acids is 1. The van der Waals surface area contributed by atoms with Gasteiger partial charge in [0, 0.05) is 18.7 Å². The van der Waals surface area contributed by atoms with Crippen LogP contribution >= 0.6 is 0 Å². The first-order valence-electron chi connectivity index (χ1n) is 5.03. The van der Waals surface area contributed by atoms with Crippen LogP contribution in [-0.2, 0) is 4.79 Å². The molecule has 6 heteroatoms. The second kappa shape index (κ2) is 3.96. The Labute approximate surface area is 91.8 Å². The first kappa shape index (κ1) is 10.7. The van der Waals surface area contributed by atoms with Crippen LogP contribution in [0.1, 0.15) is 22.5 Å². The molecule has 0 bridgehead atoms. The minimum absolute atomic E-state index is 0.200. The number of aromatic nitrogens is 1. The zero-order valence-electron chi connectivity index (χ0n) is 8.84. The molecular formula is C10H12N2O4. The Hall–Kier alpha value is -1.85. The fourth-order valence-electron chi connectivity index (χ4n) is 1.79. The van der Waals surface area contributed by atoms with Crippen LogP contribution in [0.25, 0.3) is 0 Å². The molecule has 1 aromatic rings. The number of carbonyl (C=O) groups is 2. The highest BCUT2D eigenvalue weighted by atomic mass is 16.5. The molecule has 0 saturated carbocycles. The first-order valence-corrected chi connectivity index (χ1v) is 5.03. The van der Waals surface area contributed by atoms with E-state index in [0.717, 1.165) is 0 Å². The second-order valence-electron chi connectivity index (χ2n) is 3.91. The van der Waals surface area contributed by atoms with Crippen molar-refractivity contribution in [3.05, 3.63) is 17.5 Å². The quantitative estimate of drug-likeness (QED) is 0.792. The molecule has 0 radical (unpaired) electrons. The zero-order valence-corrected chi connectivity index (χ0v) is 8.84. The molecule has 1 aliphatic heterocycles. The molecule has 2 rings (SSSR count). The third-order valence-corrected chi connectivity index (χ3v) is 2.77. The predicted octanol–water partition coefficient (Wildman–Crippen LogP) is 0.530. The topological polar surface area (TPSA) is 83.6 Å². The zero-order chi connectivity index (χ0) is 11.7. The summed E-state index contributed by atoms with van der Waals surface area (Å²) in [6.45, 7) is 2.43. The summed E-state index contributed by atoms with van der Waals surface area (Å²) in [7, 11) is 0. The molecule has 1 unspecified atom stereocenters. The van der Waals surface area contributed by atoms with Crippen LogP contribution in [-0.4, -0.2) is 40.1 Å². The number of hydrogen-bond acceptors (Lipinski definition) is 4. The lowest BCUT2D eigenvalue weighted by molar-refractivity contribution is -0.141. The van der Waals surface area contributed by atoms with Gasteiger partial charge in [0.15, 0.2) is 0 Å². The summed E-state index contributed by atoms with van der Waals surface area (Å²) in [6.07, 6.45) is 1.96. The van der Waals surface area contributed by atoms with E-state index in [1.54, 1.807) is 6.92 Å². The van der Waals surface area contributed by atoms with Crippen LogP contribution in [0.5, 0.6) is 0 Å². The summed E-state index contributed by atoms with van der Waals surface area (Å²) >= 11 is 0. The van der Waals surface area contributed by atoms with Crippen LogP contribution in [0.3, 0.4) is 0 Å². The van der Waals surface area contributed by atoms with Gasteiger partial charge in [-0.2, -0.15) is 0 Å². The van der Waals surface area contributed by atoms with Crippen LogP contribution in [0.2, 0.25) is 0 Å². The molecule has 0 aliphatic carbocycles. The Kier molecular flexibility index (Phi) is 2.64. The van der Waals surface area contributed by atoms with Gasteiger partial charge in [-0.25, -0.2) is 0 Å². The number of aryl methyl sites for hydroxylation is 1. The normalized spacial score (nSPS) is 20.1. The van der Waals surface area contributed by atoms with Crippen molar-refractivity contribution in [2.45, 2.75) is 13.3 Å². The van der Waals surface area contributed by atoms with Crippen molar-refractivity contribution in [2.75, 3.05) is 13.1 Å². The third-order valence-electron chi connectivity index (χ3n) is 2.77. The molecule has 0 spiro atoms. The van der Waals surface area contributed by atoms with E-state index in [1.165, 1.54) is 11.1 Å². The number of carbonyl (C=O) groups excluding carboxylic acids is 1. The minimum atomic E-state index is -0.857. The van der Waals surface area contributed by atoms with Crippen LogP contribution in [0, 0.1) is 12.8 Å². The van der Waals surface area contributed by atoms with Crippen LogP contribution < -0.4 is 0 Å². The van der Waals surface area contributed by atoms with E-state index in [9.17, 15) is 9.59 Å². The van der Waals surface area contributed by atoms with Gasteiger partial charge in [-0.3, -0.25) is 9.59 Å². The molecule has 1 fully saturated rings. The Morgan fingerprint density at radius 3 is 2.88 bits per heavy atom. The molecule has 1 aliphatic rings. The molecule has 6 nitrogen and oxygen atoms in total. The van der Waals surface area contributed by atoms with E-state index in [0.29, 0.717) is 18.5 Å². The Morgan fingerprint density at radius 1 is 1.62 bits per heavy atom. The number of rotatable bonds is 2. The summed E-state index contributed by atoms with van der Waals surface area (Å²) < 4.78 is 4.85. The largest absolute Gasteiger partial charge is 0.481 e. The lowest BCUT2D eigenvalue weighted by Gasteiger charge is -2.13. The van der Waals surface area contributed by atoms with Crippen LogP contribution in [0.4, 0.5) is 0 Å². The Balaban J connectivity index is 2.08. The summed E-state index contributed by atoms with van der Waals surface area (Å²) in [5.41, 5.74) is 0.670. The summed E-state index contributed by atoms with van der Waals surface area (Å²) in [4.78, 5) is 24.1. The van der Waals surface area contributed by atoms with Gasteiger partial charge in [0.05, 0.1) is 12.1 Å². The average Bonchev–Trinajstić information content (AvgIpc) is 2.84. The third kappa shape index (κ3) is 1.78. The van der Waals surface area contributed by atoms with Crippen molar-refractivity contribution in [1.29, 1.82) is 0 Å². The number of likely N-dealkylation sites (tertiary alicyclic amines) is 1. The fraction of sp³-hybridized carbons (Fsp3) is 0.500. The smallest absolute Gasteiger partial charge is 0.308 e. The van der Waals surface area contributed by atoms with Gasteiger partial charge in [0.2, 0.25) is 5.76 Å². The highest BCUT2D eigenvalue weighted by Crippen LogP contribution is 2.19. The number of carboxylic acid groups (broad SMARTS) is 1. The van der Waals surface area contributed by atoms with E-state index in [4.69, 9.17) is 9.63 Å². The summed E-state index contributed by atoms with van der Waals surface area (Å²) in [5, 5.41) is 12.4. The van der Waals surface area contributed by atoms with E-state index in [2.05, 4.69) is 5.16 Å². The van der Waals surface area contributed by atoms with Gasteiger partial charge in [-0.05, 0) is 13.3 Å². The highest BCUT2D eigenvalue weighted by molar-refractivity contribution is 5.93. The highest BCUT2D eigenvalue weighted by Gasteiger charge is 2.33. The lowest BCUT2D eigenvalue weighted by Crippen LogP contribution is -2.30. The molecule has 1 saturated heterocycles. The molecular weight excluding hydrogens is 212 g/mol. The van der Waals surface area contributed by atoms with Crippen molar-refractivity contribution in [3.63, 3.8) is 0 Å². The van der Waals surface area contributed by atoms with E-state index >= 15 is 0 Å². The maximum atomic E-state index is 11.9. The number of aliphatic carboxylic acids is 1. The lowest BCUT2D eigenvalue weighted by atomic mass is 10.1. The van der Waals surface area contributed by atoms with E-state index in [1.807, 2.05) is 0 Å². The number of hydrogen-bond donors (Lipinski definition) is 1. The van der Waals surface area contributed by atoms with Crippen molar-refractivity contribution in [1.82, 2.24) is 10.1 Å². The fourth-order valence-corrected chi connectivity index (χ4v) is 1.79.